The van der Waals surface area contributed by atoms with Crippen molar-refractivity contribution >= 4 is 0 Å². The smallest absolute Gasteiger partial charge is 0.0698 e. The molecule has 1 aromatic rings. The summed E-state index contributed by atoms with van der Waals surface area (Å²) in [5, 5.41) is 9.61. The van der Waals surface area contributed by atoms with Crippen molar-refractivity contribution in [1.29, 1.82) is 0 Å². The highest BCUT2D eigenvalue weighted by atomic mass is 16.3. The first kappa shape index (κ1) is 10.7. The average Bonchev–Trinajstić information content (AvgIpc) is 2.24. The fourth-order valence-corrected chi connectivity index (χ4v) is 2.51. The van der Waals surface area contributed by atoms with E-state index in [9.17, 15) is 5.11 Å². The lowest BCUT2D eigenvalue weighted by atomic mass is 9.61. The normalized spacial score (nSPS) is 28.5. The molecular weight excluding hydrogens is 186 g/mol. The van der Waals surface area contributed by atoms with Gasteiger partial charge in [-0.2, -0.15) is 0 Å². The molecule has 1 aliphatic rings. The van der Waals surface area contributed by atoms with Crippen LogP contribution in [-0.4, -0.2) is 11.7 Å². The zero-order valence-corrected chi connectivity index (χ0v) is 9.46. The van der Waals surface area contributed by atoms with Crippen LogP contribution >= 0.6 is 0 Å². The summed E-state index contributed by atoms with van der Waals surface area (Å²) in [6.45, 7) is 4.29. The van der Waals surface area contributed by atoms with Gasteiger partial charge in [-0.05, 0) is 29.4 Å². The van der Waals surface area contributed by atoms with Gasteiger partial charge in [0.15, 0.2) is 0 Å². The molecule has 0 saturated heterocycles. The molecule has 0 bridgehead atoms. The van der Waals surface area contributed by atoms with Crippen molar-refractivity contribution in [1.82, 2.24) is 0 Å². The summed E-state index contributed by atoms with van der Waals surface area (Å²) in [7, 11) is 0. The highest BCUT2D eigenvalue weighted by molar-refractivity contribution is 5.38. The number of rotatable bonds is 1. The number of benzene rings is 1. The number of aliphatic hydroxyl groups is 1. The maximum Gasteiger partial charge on any atom is 0.0698 e. The van der Waals surface area contributed by atoms with E-state index in [4.69, 9.17) is 5.73 Å². The van der Waals surface area contributed by atoms with Gasteiger partial charge in [-0.25, -0.2) is 0 Å². The number of hydrogen-bond donors (Lipinski definition) is 2. The molecule has 1 aromatic carbocycles. The molecule has 82 valence electrons. The van der Waals surface area contributed by atoms with Crippen molar-refractivity contribution in [2.45, 2.75) is 32.2 Å². The molecule has 0 fully saturated rings. The summed E-state index contributed by atoms with van der Waals surface area (Å²) in [5.41, 5.74) is 8.16. The van der Waals surface area contributed by atoms with E-state index in [-0.39, 0.29) is 12.0 Å². The number of fused-ring (bicyclic) bond motifs is 1. The van der Waals surface area contributed by atoms with Crippen LogP contribution in [0.25, 0.3) is 0 Å². The zero-order valence-electron chi connectivity index (χ0n) is 9.46. The summed E-state index contributed by atoms with van der Waals surface area (Å²) in [5.74, 6) is 0. The molecule has 1 atom stereocenters. The Bertz CT molecular complexity index is 373. The Balaban J connectivity index is 2.58. The zero-order chi connectivity index (χ0) is 11.1. The van der Waals surface area contributed by atoms with Crippen LogP contribution < -0.4 is 5.73 Å². The molecule has 2 heteroatoms. The maximum atomic E-state index is 9.61. The lowest BCUT2D eigenvalue weighted by molar-refractivity contribution is 0.0632. The molecular formula is C13H19NO. The molecule has 3 N–H and O–H groups in total. The van der Waals surface area contributed by atoms with Gasteiger partial charge in [0.1, 0.15) is 0 Å². The summed E-state index contributed by atoms with van der Waals surface area (Å²) in [6, 6.07) is 8.20. The number of aliphatic hydroxyl groups excluding tert-OH is 1. The number of aryl methyl sites for hydroxylation is 1. The number of nitrogens with two attached hydrogens (primary N) is 1. The molecule has 2 rings (SSSR count). The van der Waals surface area contributed by atoms with Gasteiger partial charge in [-0.3, -0.25) is 0 Å². The standard InChI is InChI=1S/C13H19NO/c1-12(2)8-7-10-5-3-4-6-11(10)13(12,14)9-15/h3-6,15H,7-9,14H2,1-2H3. The van der Waals surface area contributed by atoms with E-state index >= 15 is 0 Å². The second-order valence-corrected chi connectivity index (χ2v) is 5.17. The Morgan fingerprint density at radius 3 is 2.67 bits per heavy atom. The van der Waals surface area contributed by atoms with Gasteiger partial charge >= 0.3 is 0 Å². The first-order chi connectivity index (χ1) is 7.01. The van der Waals surface area contributed by atoms with Crippen molar-refractivity contribution in [3.05, 3.63) is 35.4 Å². The first-order valence-electron chi connectivity index (χ1n) is 5.49. The van der Waals surface area contributed by atoms with Crippen molar-refractivity contribution in [3.8, 4) is 0 Å². The Morgan fingerprint density at radius 1 is 1.33 bits per heavy atom. The number of hydrogen-bond acceptors (Lipinski definition) is 2. The lowest BCUT2D eigenvalue weighted by Gasteiger charge is -2.47. The third-order valence-electron chi connectivity index (χ3n) is 3.97. The highest BCUT2D eigenvalue weighted by Crippen LogP contribution is 2.45. The molecule has 0 saturated carbocycles. The van der Waals surface area contributed by atoms with E-state index in [1.54, 1.807) is 0 Å². The topological polar surface area (TPSA) is 46.2 Å². The Kier molecular flexibility index (Phi) is 2.36. The molecule has 0 spiro atoms. The van der Waals surface area contributed by atoms with Gasteiger partial charge in [-0.15, -0.1) is 0 Å². The maximum absolute atomic E-state index is 9.61. The van der Waals surface area contributed by atoms with E-state index in [2.05, 4.69) is 19.9 Å². The molecule has 15 heavy (non-hydrogen) atoms. The van der Waals surface area contributed by atoms with Crippen molar-refractivity contribution in [3.63, 3.8) is 0 Å². The minimum atomic E-state index is -0.595. The predicted molar refractivity (Wildman–Crippen MR) is 61.5 cm³/mol. The van der Waals surface area contributed by atoms with E-state index in [0.717, 1.165) is 18.4 Å². The van der Waals surface area contributed by atoms with Gasteiger partial charge in [0, 0.05) is 0 Å². The molecule has 2 nitrogen and oxygen atoms in total. The van der Waals surface area contributed by atoms with Crippen LogP contribution in [0.15, 0.2) is 24.3 Å². The van der Waals surface area contributed by atoms with Crippen LogP contribution in [0.3, 0.4) is 0 Å². The van der Waals surface area contributed by atoms with Crippen LogP contribution in [-0.2, 0) is 12.0 Å². The quantitative estimate of drug-likeness (QED) is 0.734. The van der Waals surface area contributed by atoms with Crippen molar-refractivity contribution in [2.75, 3.05) is 6.61 Å². The van der Waals surface area contributed by atoms with Gasteiger partial charge < -0.3 is 10.8 Å². The fraction of sp³-hybridized carbons (Fsp3) is 0.538. The third-order valence-corrected chi connectivity index (χ3v) is 3.97. The molecule has 0 aromatic heterocycles. The van der Waals surface area contributed by atoms with E-state index in [1.807, 2.05) is 18.2 Å². The minimum absolute atomic E-state index is 0.0109. The van der Waals surface area contributed by atoms with E-state index in [1.165, 1.54) is 5.56 Å². The molecule has 0 heterocycles. The fourth-order valence-electron chi connectivity index (χ4n) is 2.51. The van der Waals surface area contributed by atoms with Crippen LogP contribution in [0.1, 0.15) is 31.4 Å². The lowest BCUT2D eigenvalue weighted by Crippen LogP contribution is -2.55. The predicted octanol–water partition coefficient (Wildman–Crippen LogP) is 1.81. The molecule has 0 aliphatic heterocycles. The van der Waals surface area contributed by atoms with Gasteiger partial charge in [-0.1, -0.05) is 38.1 Å². The van der Waals surface area contributed by atoms with Gasteiger partial charge in [0.2, 0.25) is 0 Å². The molecule has 0 radical (unpaired) electrons. The highest BCUT2D eigenvalue weighted by Gasteiger charge is 2.46. The van der Waals surface area contributed by atoms with Gasteiger partial charge in [0.25, 0.3) is 0 Å². The van der Waals surface area contributed by atoms with E-state index < -0.39 is 5.54 Å². The first-order valence-corrected chi connectivity index (χ1v) is 5.49. The minimum Gasteiger partial charge on any atom is -0.394 e. The van der Waals surface area contributed by atoms with Crippen molar-refractivity contribution in [2.24, 2.45) is 11.1 Å². The largest absolute Gasteiger partial charge is 0.394 e. The van der Waals surface area contributed by atoms with Crippen LogP contribution in [0, 0.1) is 5.41 Å². The van der Waals surface area contributed by atoms with Crippen molar-refractivity contribution < 1.29 is 5.11 Å². The van der Waals surface area contributed by atoms with Gasteiger partial charge in [0.05, 0.1) is 12.1 Å². The summed E-state index contributed by atoms with van der Waals surface area (Å²) >= 11 is 0. The second-order valence-electron chi connectivity index (χ2n) is 5.17. The van der Waals surface area contributed by atoms with E-state index in [0.29, 0.717) is 0 Å². The Hall–Kier alpha value is -0.860. The summed E-state index contributed by atoms with van der Waals surface area (Å²) < 4.78 is 0. The van der Waals surface area contributed by atoms with Crippen LogP contribution in [0.5, 0.6) is 0 Å². The monoisotopic (exact) mass is 205 g/mol. The molecule has 0 amide bonds. The SMILES string of the molecule is CC1(C)CCc2ccccc2C1(N)CO. The summed E-state index contributed by atoms with van der Waals surface area (Å²) in [4.78, 5) is 0. The molecule has 1 aliphatic carbocycles. The Morgan fingerprint density at radius 2 is 2.00 bits per heavy atom. The van der Waals surface area contributed by atoms with Crippen LogP contribution in [0.2, 0.25) is 0 Å². The Labute approximate surface area is 91.1 Å². The summed E-state index contributed by atoms with van der Waals surface area (Å²) in [6.07, 6.45) is 2.09. The third kappa shape index (κ3) is 1.40. The average molecular weight is 205 g/mol. The second kappa shape index (κ2) is 3.32. The molecule has 1 unspecified atom stereocenters. The van der Waals surface area contributed by atoms with Crippen LogP contribution in [0.4, 0.5) is 0 Å².